The average Bonchev–Trinajstić information content (AvgIpc) is 2.53. The fourth-order valence-electron chi connectivity index (χ4n) is 3.48. The van der Waals surface area contributed by atoms with Crippen molar-refractivity contribution >= 4 is 5.69 Å². The highest BCUT2D eigenvalue weighted by molar-refractivity contribution is 5.55. The van der Waals surface area contributed by atoms with Crippen LogP contribution in [0.2, 0.25) is 0 Å². The molecule has 1 aromatic carbocycles. The molecule has 1 atom stereocenters. The number of nitrogens with two attached hydrogens (primary N) is 1. The quantitative estimate of drug-likeness (QED) is 0.856. The number of rotatable bonds is 5. The Labute approximate surface area is 124 Å². The average molecular weight is 274 g/mol. The molecule has 2 nitrogen and oxygen atoms in total. The van der Waals surface area contributed by atoms with Crippen molar-refractivity contribution in [1.29, 1.82) is 0 Å². The standard InChI is InChI=1S/C18H30N2/c1-4-14-10-12-15(13-11-14)20(3)18-9-7-6-8-16(18)17(19)5-2/h6-9,14-15,17H,4-5,10-13,19H2,1-3H3. The first-order chi connectivity index (χ1) is 9.67. The molecule has 1 aromatic rings. The molecule has 1 aliphatic carbocycles. The van der Waals surface area contributed by atoms with Crippen LogP contribution >= 0.6 is 0 Å². The topological polar surface area (TPSA) is 29.3 Å². The van der Waals surface area contributed by atoms with E-state index in [0.29, 0.717) is 6.04 Å². The molecule has 0 saturated heterocycles. The predicted molar refractivity (Wildman–Crippen MR) is 88.1 cm³/mol. The highest BCUT2D eigenvalue weighted by Crippen LogP contribution is 2.34. The van der Waals surface area contributed by atoms with Gasteiger partial charge in [0.1, 0.15) is 0 Å². The van der Waals surface area contributed by atoms with Crippen LogP contribution in [0.25, 0.3) is 0 Å². The molecule has 0 heterocycles. The summed E-state index contributed by atoms with van der Waals surface area (Å²) in [7, 11) is 2.25. The minimum atomic E-state index is 0.153. The first-order valence-corrected chi connectivity index (χ1v) is 8.24. The van der Waals surface area contributed by atoms with Gasteiger partial charge in [0.15, 0.2) is 0 Å². The Bertz CT molecular complexity index is 408. The van der Waals surface area contributed by atoms with Gasteiger partial charge in [0.05, 0.1) is 0 Å². The van der Waals surface area contributed by atoms with E-state index in [2.05, 4.69) is 50.1 Å². The third-order valence-electron chi connectivity index (χ3n) is 5.10. The summed E-state index contributed by atoms with van der Waals surface area (Å²) in [4.78, 5) is 2.48. The van der Waals surface area contributed by atoms with Crippen LogP contribution in [0.1, 0.15) is 64.0 Å². The number of benzene rings is 1. The van der Waals surface area contributed by atoms with Gasteiger partial charge < -0.3 is 10.6 Å². The molecule has 1 unspecified atom stereocenters. The lowest BCUT2D eigenvalue weighted by atomic mass is 9.83. The summed E-state index contributed by atoms with van der Waals surface area (Å²) in [6.45, 7) is 4.48. The maximum absolute atomic E-state index is 6.28. The SMILES string of the molecule is CCC1CCC(N(C)c2ccccc2C(N)CC)CC1. The Morgan fingerprint density at radius 1 is 1.15 bits per heavy atom. The van der Waals surface area contributed by atoms with Crippen molar-refractivity contribution in [3.05, 3.63) is 29.8 Å². The van der Waals surface area contributed by atoms with Gasteiger partial charge in [-0.05, 0) is 49.7 Å². The fraction of sp³-hybridized carbons (Fsp3) is 0.667. The van der Waals surface area contributed by atoms with Crippen LogP contribution in [0, 0.1) is 5.92 Å². The van der Waals surface area contributed by atoms with E-state index in [1.54, 1.807) is 0 Å². The van der Waals surface area contributed by atoms with Crippen molar-refractivity contribution in [2.45, 2.75) is 64.5 Å². The molecule has 0 aromatic heterocycles. The molecule has 0 bridgehead atoms. The van der Waals surface area contributed by atoms with E-state index in [1.807, 2.05) is 0 Å². The normalized spacial score (nSPS) is 24.4. The molecule has 2 rings (SSSR count). The predicted octanol–water partition coefficient (Wildman–Crippen LogP) is 4.50. The number of hydrogen-bond acceptors (Lipinski definition) is 2. The zero-order valence-corrected chi connectivity index (χ0v) is 13.3. The van der Waals surface area contributed by atoms with E-state index in [-0.39, 0.29) is 6.04 Å². The van der Waals surface area contributed by atoms with Crippen molar-refractivity contribution in [3.8, 4) is 0 Å². The lowest BCUT2D eigenvalue weighted by Crippen LogP contribution is -2.36. The smallest absolute Gasteiger partial charge is 0.0414 e. The Morgan fingerprint density at radius 3 is 2.40 bits per heavy atom. The Morgan fingerprint density at radius 2 is 1.80 bits per heavy atom. The zero-order chi connectivity index (χ0) is 14.5. The van der Waals surface area contributed by atoms with E-state index in [4.69, 9.17) is 5.73 Å². The molecule has 1 aliphatic rings. The van der Waals surface area contributed by atoms with Gasteiger partial charge in [-0.2, -0.15) is 0 Å². The van der Waals surface area contributed by atoms with E-state index >= 15 is 0 Å². The van der Waals surface area contributed by atoms with Crippen LogP contribution in [0.4, 0.5) is 5.69 Å². The monoisotopic (exact) mass is 274 g/mol. The van der Waals surface area contributed by atoms with Gasteiger partial charge >= 0.3 is 0 Å². The molecular formula is C18H30N2. The maximum Gasteiger partial charge on any atom is 0.0414 e. The van der Waals surface area contributed by atoms with Crippen LogP contribution in [0.5, 0.6) is 0 Å². The number of para-hydroxylation sites is 1. The summed E-state index contributed by atoms with van der Waals surface area (Å²) < 4.78 is 0. The van der Waals surface area contributed by atoms with E-state index in [1.165, 1.54) is 43.4 Å². The second kappa shape index (κ2) is 7.12. The molecule has 0 spiro atoms. The first kappa shape index (κ1) is 15.4. The van der Waals surface area contributed by atoms with Gasteiger partial charge in [-0.15, -0.1) is 0 Å². The molecule has 0 amide bonds. The zero-order valence-electron chi connectivity index (χ0n) is 13.3. The van der Waals surface area contributed by atoms with Gasteiger partial charge in [-0.3, -0.25) is 0 Å². The summed E-state index contributed by atoms with van der Waals surface area (Å²) in [6, 6.07) is 9.50. The molecule has 1 saturated carbocycles. The lowest BCUT2D eigenvalue weighted by Gasteiger charge is -2.37. The summed E-state index contributed by atoms with van der Waals surface area (Å²) in [5, 5.41) is 0. The van der Waals surface area contributed by atoms with Crippen molar-refractivity contribution in [1.82, 2.24) is 0 Å². The largest absolute Gasteiger partial charge is 0.371 e. The van der Waals surface area contributed by atoms with E-state index in [0.717, 1.165) is 12.3 Å². The first-order valence-electron chi connectivity index (χ1n) is 8.24. The number of anilines is 1. The van der Waals surface area contributed by atoms with Crippen LogP contribution in [0.15, 0.2) is 24.3 Å². The molecular weight excluding hydrogens is 244 g/mol. The third kappa shape index (κ3) is 3.35. The molecule has 0 radical (unpaired) electrons. The Balaban J connectivity index is 2.11. The van der Waals surface area contributed by atoms with Gasteiger partial charge in [0.2, 0.25) is 0 Å². The van der Waals surface area contributed by atoms with Crippen LogP contribution < -0.4 is 10.6 Å². The maximum atomic E-state index is 6.28. The summed E-state index contributed by atoms with van der Waals surface area (Å²) in [6.07, 6.45) is 7.75. The molecule has 1 fully saturated rings. The minimum Gasteiger partial charge on any atom is -0.371 e. The highest BCUT2D eigenvalue weighted by atomic mass is 15.1. The van der Waals surface area contributed by atoms with Gasteiger partial charge in [-0.25, -0.2) is 0 Å². The molecule has 2 N–H and O–H groups in total. The summed E-state index contributed by atoms with van der Waals surface area (Å²) in [5.41, 5.74) is 8.92. The second-order valence-electron chi connectivity index (χ2n) is 6.27. The summed E-state index contributed by atoms with van der Waals surface area (Å²) in [5.74, 6) is 0.952. The molecule has 2 heteroatoms. The van der Waals surface area contributed by atoms with Crippen LogP contribution in [0.3, 0.4) is 0 Å². The summed E-state index contributed by atoms with van der Waals surface area (Å²) >= 11 is 0. The Kier molecular flexibility index (Phi) is 5.47. The van der Waals surface area contributed by atoms with Crippen LogP contribution in [-0.2, 0) is 0 Å². The molecule has 0 aliphatic heterocycles. The van der Waals surface area contributed by atoms with E-state index < -0.39 is 0 Å². The van der Waals surface area contributed by atoms with Crippen molar-refractivity contribution in [3.63, 3.8) is 0 Å². The molecule has 20 heavy (non-hydrogen) atoms. The fourth-order valence-corrected chi connectivity index (χ4v) is 3.48. The number of nitrogens with zero attached hydrogens (tertiary/aromatic N) is 1. The second-order valence-corrected chi connectivity index (χ2v) is 6.27. The van der Waals surface area contributed by atoms with Gasteiger partial charge in [0.25, 0.3) is 0 Å². The lowest BCUT2D eigenvalue weighted by molar-refractivity contribution is 0.313. The number of hydrogen-bond donors (Lipinski definition) is 1. The minimum absolute atomic E-state index is 0.153. The molecule has 112 valence electrons. The van der Waals surface area contributed by atoms with E-state index in [9.17, 15) is 0 Å². The van der Waals surface area contributed by atoms with Crippen molar-refractivity contribution < 1.29 is 0 Å². The Hall–Kier alpha value is -1.02. The van der Waals surface area contributed by atoms with Crippen molar-refractivity contribution in [2.75, 3.05) is 11.9 Å². The van der Waals surface area contributed by atoms with Gasteiger partial charge in [-0.1, -0.05) is 38.5 Å². The van der Waals surface area contributed by atoms with Crippen molar-refractivity contribution in [2.24, 2.45) is 11.7 Å². The highest BCUT2D eigenvalue weighted by Gasteiger charge is 2.24. The van der Waals surface area contributed by atoms with Crippen LogP contribution in [-0.4, -0.2) is 13.1 Å². The van der Waals surface area contributed by atoms with Gasteiger partial charge in [0, 0.05) is 24.8 Å². The third-order valence-corrected chi connectivity index (χ3v) is 5.10.